The highest BCUT2D eigenvalue weighted by molar-refractivity contribution is 7.99. The molecule has 5 unspecified atom stereocenters. The predicted octanol–water partition coefficient (Wildman–Crippen LogP) is 4.61. The van der Waals surface area contributed by atoms with Crippen molar-refractivity contribution in [2.45, 2.75) is 53.0 Å². The SMILES string of the molecule is OC1CC(c2ccsc2)NC(O)C1c1nc(OC2CCOC2)ccc1Sc1ccccc1Cl. The molecule has 2 aliphatic heterocycles. The van der Waals surface area contributed by atoms with Crippen molar-refractivity contribution in [3.63, 3.8) is 0 Å². The summed E-state index contributed by atoms with van der Waals surface area (Å²) in [5, 5.41) is 30.2. The van der Waals surface area contributed by atoms with Gasteiger partial charge in [0.05, 0.1) is 36.0 Å². The Labute approximate surface area is 205 Å². The van der Waals surface area contributed by atoms with Gasteiger partial charge in [0.2, 0.25) is 5.88 Å². The van der Waals surface area contributed by atoms with Gasteiger partial charge in [-0.15, -0.1) is 0 Å². The second-order valence-corrected chi connectivity index (χ2v) is 10.5. The monoisotopic (exact) mass is 504 g/mol. The van der Waals surface area contributed by atoms with E-state index in [1.54, 1.807) is 11.3 Å². The Bertz CT molecular complexity index is 1070. The number of aromatic nitrogens is 1. The molecule has 2 saturated heterocycles. The lowest BCUT2D eigenvalue weighted by molar-refractivity contribution is -0.0193. The Balaban J connectivity index is 1.46. The standard InChI is InChI=1S/C24H25ClN2O4S2/c25-16-3-1-2-4-19(16)33-20-5-6-21(31-15-7-9-30-12-15)27-23(20)22-18(28)11-17(26-24(22)29)14-8-10-32-13-14/h1-6,8,10,13,15,17-18,22,24,26,28-29H,7,9,11-12H2. The van der Waals surface area contributed by atoms with Crippen molar-refractivity contribution in [2.24, 2.45) is 0 Å². The molecule has 2 fully saturated rings. The van der Waals surface area contributed by atoms with E-state index in [1.165, 1.54) is 11.8 Å². The van der Waals surface area contributed by atoms with E-state index in [2.05, 4.69) is 5.32 Å². The van der Waals surface area contributed by atoms with E-state index in [0.717, 1.165) is 21.8 Å². The Morgan fingerprint density at radius 1 is 1.15 bits per heavy atom. The van der Waals surface area contributed by atoms with Crippen LogP contribution in [0.1, 0.15) is 36.1 Å². The van der Waals surface area contributed by atoms with Crippen LogP contribution in [0.4, 0.5) is 0 Å². The van der Waals surface area contributed by atoms with Crippen molar-refractivity contribution >= 4 is 34.7 Å². The molecule has 0 radical (unpaired) electrons. The van der Waals surface area contributed by atoms with Crippen molar-refractivity contribution in [1.29, 1.82) is 0 Å². The molecule has 6 nitrogen and oxygen atoms in total. The molecule has 2 aromatic heterocycles. The smallest absolute Gasteiger partial charge is 0.213 e. The summed E-state index contributed by atoms with van der Waals surface area (Å²) in [4.78, 5) is 6.47. The van der Waals surface area contributed by atoms with Crippen molar-refractivity contribution < 1.29 is 19.7 Å². The van der Waals surface area contributed by atoms with Gasteiger partial charge in [0.1, 0.15) is 12.3 Å². The van der Waals surface area contributed by atoms with Gasteiger partial charge in [-0.05, 0) is 47.0 Å². The van der Waals surface area contributed by atoms with Crippen LogP contribution in [0.3, 0.4) is 0 Å². The summed E-state index contributed by atoms with van der Waals surface area (Å²) in [6.45, 7) is 1.21. The number of rotatable bonds is 6. The molecule has 1 aromatic carbocycles. The molecule has 5 rings (SSSR count). The highest BCUT2D eigenvalue weighted by atomic mass is 35.5. The summed E-state index contributed by atoms with van der Waals surface area (Å²) in [5.74, 6) is -0.156. The average Bonchev–Trinajstić information content (AvgIpc) is 3.51. The summed E-state index contributed by atoms with van der Waals surface area (Å²) in [7, 11) is 0. The number of ether oxygens (including phenoxy) is 2. The highest BCUT2D eigenvalue weighted by Crippen LogP contribution is 2.42. The Hall–Kier alpha value is -1.65. The number of benzene rings is 1. The maximum absolute atomic E-state index is 11.1. The number of nitrogens with one attached hydrogen (secondary N) is 1. The Morgan fingerprint density at radius 3 is 2.76 bits per heavy atom. The molecule has 174 valence electrons. The van der Waals surface area contributed by atoms with Crippen LogP contribution in [0.5, 0.6) is 5.88 Å². The first kappa shape index (κ1) is 23.1. The minimum absolute atomic E-state index is 0.0466. The molecule has 3 aromatic rings. The topological polar surface area (TPSA) is 83.8 Å². The van der Waals surface area contributed by atoms with Crippen molar-refractivity contribution in [3.05, 3.63) is 69.5 Å². The molecule has 2 aliphatic rings. The third kappa shape index (κ3) is 5.22. The maximum atomic E-state index is 11.1. The van der Waals surface area contributed by atoms with Gasteiger partial charge in [-0.25, -0.2) is 4.98 Å². The molecule has 9 heteroatoms. The number of pyridine rings is 1. The zero-order chi connectivity index (χ0) is 22.8. The maximum Gasteiger partial charge on any atom is 0.213 e. The first-order valence-electron chi connectivity index (χ1n) is 10.9. The lowest BCUT2D eigenvalue weighted by atomic mass is 9.85. The molecule has 33 heavy (non-hydrogen) atoms. The van der Waals surface area contributed by atoms with Gasteiger partial charge in [-0.2, -0.15) is 11.3 Å². The van der Waals surface area contributed by atoms with Gasteiger partial charge < -0.3 is 19.7 Å². The van der Waals surface area contributed by atoms with Crippen LogP contribution in [0.25, 0.3) is 0 Å². The molecule has 0 bridgehead atoms. The van der Waals surface area contributed by atoms with Gasteiger partial charge in [0.15, 0.2) is 0 Å². The number of thiophene rings is 1. The zero-order valence-electron chi connectivity index (χ0n) is 17.8. The van der Waals surface area contributed by atoms with Crippen molar-refractivity contribution in [3.8, 4) is 5.88 Å². The fourth-order valence-corrected chi connectivity index (χ4v) is 6.21. The van der Waals surface area contributed by atoms with Gasteiger partial charge in [0, 0.05) is 28.3 Å². The molecule has 0 saturated carbocycles. The summed E-state index contributed by atoms with van der Waals surface area (Å²) in [6, 6.07) is 13.2. The number of aliphatic hydroxyl groups excluding tert-OH is 2. The van der Waals surface area contributed by atoms with Gasteiger partial charge in [-0.3, -0.25) is 5.32 Å². The van der Waals surface area contributed by atoms with E-state index in [4.69, 9.17) is 26.1 Å². The summed E-state index contributed by atoms with van der Waals surface area (Å²) in [6.07, 6.45) is -0.519. The normalized spacial score (nSPS) is 27.5. The van der Waals surface area contributed by atoms with Gasteiger partial charge in [0.25, 0.3) is 0 Å². The van der Waals surface area contributed by atoms with Crippen LogP contribution in [-0.2, 0) is 4.74 Å². The minimum Gasteiger partial charge on any atom is -0.472 e. The third-order valence-corrected chi connectivity index (χ3v) is 8.24. The van der Waals surface area contributed by atoms with E-state index in [0.29, 0.717) is 36.2 Å². The molecule has 4 heterocycles. The summed E-state index contributed by atoms with van der Waals surface area (Å²) >= 11 is 9.46. The number of hydrogen-bond donors (Lipinski definition) is 3. The first-order chi connectivity index (χ1) is 16.1. The van der Waals surface area contributed by atoms with Crippen molar-refractivity contribution in [1.82, 2.24) is 10.3 Å². The zero-order valence-corrected chi connectivity index (χ0v) is 20.2. The number of aliphatic hydroxyl groups is 2. The number of hydrogen-bond acceptors (Lipinski definition) is 8. The van der Waals surface area contributed by atoms with E-state index in [9.17, 15) is 10.2 Å². The second-order valence-electron chi connectivity index (χ2n) is 8.22. The van der Waals surface area contributed by atoms with Crippen molar-refractivity contribution in [2.75, 3.05) is 13.2 Å². The van der Waals surface area contributed by atoms with E-state index < -0.39 is 18.2 Å². The van der Waals surface area contributed by atoms with Crippen LogP contribution in [0.15, 0.2) is 63.0 Å². The van der Waals surface area contributed by atoms with E-state index >= 15 is 0 Å². The molecule has 0 aliphatic carbocycles. The summed E-state index contributed by atoms with van der Waals surface area (Å²) in [5.41, 5.74) is 1.65. The Kier molecular flexibility index (Phi) is 7.22. The fourth-order valence-electron chi connectivity index (χ4n) is 4.27. The van der Waals surface area contributed by atoms with Crippen LogP contribution in [0.2, 0.25) is 5.02 Å². The number of nitrogens with zero attached hydrogens (tertiary/aromatic N) is 1. The molecular weight excluding hydrogens is 480 g/mol. The number of halogens is 1. The fraction of sp³-hybridized carbons (Fsp3) is 0.375. The molecular formula is C24H25ClN2O4S2. The van der Waals surface area contributed by atoms with Crippen LogP contribution >= 0.6 is 34.7 Å². The molecule has 0 spiro atoms. The predicted molar refractivity (Wildman–Crippen MR) is 129 cm³/mol. The first-order valence-corrected chi connectivity index (χ1v) is 13.0. The highest BCUT2D eigenvalue weighted by Gasteiger charge is 2.40. The quantitative estimate of drug-likeness (QED) is 0.452. The van der Waals surface area contributed by atoms with E-state index in [-0.39, 0.29) is 12.1 Å². The lowest BCUT2D eigenvalue weighted by Crippen LogP contribution is -2.49. The molecule has 5 atom stereocenters. The Morgan fingerprint density at radius 2 is 2.03 bits per heavy atom. The van der Waals surface area contributed by atoms with Crippen LogP contribution < -0.4 is 10.1 Å². The number of piperidine rings is 1. The minimum atomic E-state index is -0.971. The van der Waals surface area contributed by atoms with E-state index in [1.807, 2.05) is 53.2 Å². The van der Waals surface area contributed by atoms with Gasteiger partial charge >= 0.3 is 0 Å². The lowest BCUT2D eigenvalue weighted by Gasteiger charge is -2.38. The molecule has 3 N–H and O–H groups in total. The summed E-state index contributed by atoms with van der Waals surface area (Å²) < 4.78 is 11.4. The second kappa shape index (κ2) is 10.3. The largest absolute Gasteiger partial charge is 0.472 e. The third-order valence-electron chi connectivity index (χ3n) is 5.96. The molecule has 0 amide bonds. The van der Waals surface area contributed by atoms with Crippen LogP contribution in [-0.4, -0.2) is 46.8 Å². The average molecular weight is 505 g/mol. The van der Waals surface area contributed by atoms with Gasteiger partial charge in [-0.1, -0.05) is 35.5 Å². The van der Waals surface area contributed by atoms with Crippen LogP contribution in [0, 0.1) is 0 Å².